The van der Waals surface area contributed by atoms with Crippen LogP contribution in [0.25, 0.3) is 0 Å². The Morgan fingerprint density at radius 1 is 1.29 bits per heavy atom. The summed E-state index contributed by atoms with van der Waals surface area (Å²) in [5.74, 6) is 0.475. The van der Waals surface area contributed by atoms with Gasteiger partial charge in [0, 0.05) is 12.6 Å². The fourth-order valence-corrected chi connectivity index (χ4v) is 2.88. The van der Waals surface area contributed by atoms with E-state index < -0.39 is 11.7 Å². The monoisotopic (exact) mass is 301 g/mol. The molecule has 5 heteroatoms. The van der Waals surface area contributed by atoms with E-state index in [1.807, 2.05) is 6.92 Å². The molecular weight excluding hydrogens is 279 g/mol. The highest BCUT2D eigenvalue weighted by atomic mass is 19.4. The van der Waals surface area contributed by atoms with E-state index in [0.29, 0.717) is 12.3 Å². The van der Waals surface area contributed by atoms with Crippen molar-refractivity contribution in [2.75, 3.05) is 13.2 Å². The molecule has 0 spiro atoms. The zero-order chi connectivity index (χ0) is 15.5. The predicted molar refractivity (Wildman–Crippen MR) is 76.1 cm³/mol. The van der Waals surface area contributed by atoms with Crippen LogP contribution in [0.5, 0.6) is 0 Å². The number of hydrogen-bond acceptors (Lipinski definition) is 2. The summed E-state index contributed by atoms with van der Waals surface area (Å²) in [6.07, 6.45) is -2.42. The van der Waals surface area contributed by atoms with Gasteiger partial charge in [-0.25, -0.2) is 0 Å². The van der Waals surface area contributed by atoms with E-state index in [0.717, 1.165) is 37.3 Å². The Morgan fingerprint density at radius 3 is 2.43 bits per heavy atom. The molecule has 0 saturated carbocycles. The molecule has 3 atom stereocenters. The number of alkyl halides is 3. The molecule has 1 heterocycles. The maximum atomic E-state index is 12.6. The highest BCUT2D eigenvalue weighted by Gasteiger charge is 2.32. The molecule has 1 aromatic carbocycles. The van der Waals surface area contributed by atoms with Crippen LogP contribution < -0.4 is 5.32 Å². The fraction of sp³-hybridized carbons (Fsp3) is 0.625. The molecule has 3 unspecified atom stereocenters. The molecule has 1 fully saturated rings. The van der Waals surface area contributed by atoms with Gasteiger partial charge in [-0.3, -0.25) is 0 Å². The lowest BCUT2D eigenvalue weighted by Gasteiger charge is -2.27. The molecule has 0 aliphatic carbocycles. The van der Waals surface area contributed by atoms with Crippen LogP contribution in [0.15, 0.2) is 24.3 Å². The highest BCUT2D eigenvalue weighted by molar-refractivity contribution is 5.25. The third-order valence-electron chi connectivity index (χ3n) is 4.04. The molecule has 2 nitrogen and oxygen atoms in total. The molecule has 1 aliphatic heterocycles. The summed E-state index contributed by atoms with van der Waals surface area (Å²) in [6.45, 7) is 5.77. The molecule has 2 rings (SSSR count). The van der Waals surface area contributed by atoms with Crippen LogP contribution in [0.3, 0.4) is 0 Å². The van der Waals surface area contributed by atoms with Gasteiger partial charge in [-0.2, -0.15) is 13.2 Å². The van der Waals surface area contributed by atoms with Crippen LogP contribution >= 0.6 is 0 Å². The molecule has 0 aromatic heterocycles. The average Bonchev–Trinajstić information content (AvgIpc) is 2.84. The first-order chi connectivity index (χ1) is 9.91. The van der Waals surface area contributed by atoms with Crippen LogP contribution in [-0.2, 0) is 17.3 Å². The van der Waals surface area contributed by atoms with Gasteiger partial charge in [0.25, 0.3) is 0 Å². The normalized spacial score (nSPS) is 24.2. The van der Waals surface area contributed by atoms with Crippen LogP contribution in [0.4, 0.5) is 13.2 Å². The van der Waals surface area contributed by atoms with Crippen molar-refractivity contribution in [3.8, 4) is 0 Å². The van der Waals surface area contributed by atoms with Crippen LogP contribution in [0, 0.1) is 5.92 Å². The van der Waals surface area contributed by atoms with Crippen molar-refractivity contribution in [1.29, 1.82) is 0 Å². The maximum Gasteiger partial charge on any atom is 0.416 e. The Kier molecular flexibility index (Phi) is 5.27. The zero-order valence-electron chi connectivity index (χ0n) is 12.4. The SMILES string of the molecule is CCNC(Cc1ccc(C(F)(F)F)cc1)C1OCCC1C. The summed E-state index contributed by atoms with van der Waals surface area (Å²) in [4.78, 5) is 0. The molecule has 21 heavy (non-hydrogen) atoms. The van der Waals surface area contributed by atoms with Gasteiger partial charge >= 0.3 is 6.18 Å². The Labute approximate surface area is 123 Å². The Balaban J connectivity index is 2.06. The van der Waals surface area contributed by atoms with Gasteiger partial charge in [-0.15, -0.1) is 0 Å². The molecule has 0 bridgehead atoms. The molecule has 0 radical (unpaired) electrons. The lowest BCUT2D eigenvalue weighted by atomic mass is 9.92. The topological polar surface area (TPSA) is 21.3 Å². The quantitative estimate of drug-likeness (QED) is 0.896. The smallest absolute Gasteiger partial charge is 0.376 e. The molecule has 1 aliphatic rings. The van der Waals surface area contributed by atoms with E-state index in [1.54, 1.807) is 12.1 Å². The predicted octanol–water partition coefficient (Wildman–Crippen LogP) is 3.65. The summed E-state index contributed by atoms with van der Waals surface area (Å²) < 4.78 is 43.5. The number of nitrogens with one attached hydrogen (secondary N) is 1. The van der Waals surface area contributed by atoms with Crippen molar-refractivity contribution in [1.82, 2.24) is 5.32 Å². The number of rotatable bonds is 5. The van der Waals surface area contributed by atoms with Crippen molar-refractivity contribution in [2.24, 2.45) is 5.92 Å². The van der Waals surface area contributed by atoms with E-state index >= 15 is 0 Å². The third-order valence-corrected chi connectivity index (χ3v) is 4.04. The summed E-state index contributed by atoms with van der Waals surface area (Å²) in [5.41, 5.74) is 0.299. The number of ether oxygens (including phenoxy) is 1. The number of likely N-dealkylation sites (N-methyl/N-ethyl adjacent to an activating group) is 1. The molecule has 0 amide bonds. The second kappa shape index (κ2) is 6.79. The van der Waals surface area contributed by atoms with Gasteiger partial charge < -0.3 is 10.1 Å². The molecule has 1 aromatic rings. The minimum absolute atomic E-state index is 0.132. The third kappa shape index (κ3) is 4.20. The van der Waals surface area contributed by atoms with Gasteiger partial charge in [-0.1, -0.05) is 26.0 Å². The van der Waals surface area contributed by atoms with Gasteiger partial charge in [-0.05, 0) is 43.0 Å². The molecule has 1 saturated heterocycles. The van der Waals surface area contributed by atoms with Crippen molar-refractivity contribution in [3.63, 3.8) is 0 Å². The van der Waals surface area contributed by atoms with Gasteiger partial charge in [0.2, 0.25) is 0 Å². The summed E-state index contributed by atoms with van der Waals surface area (Å²) in [7, 11) is 0. The maximum absolute atomic E-state index is 12.6. The van der Waals surface area contributed by atoms with Crippen molar-refractivity contribution >= 4 is 0 Å². The van der Waals surface area contributed by atoms with Crippen LogP contribution in [0.2, 0.25) is 0 Å². The second-order valence-electron chi connectivity index (χ2n) is 5.66. The first-order valence-corrected chi connectivity index (χ1v) is 7.43. The molecule has 1 N–H and O–H groups in total. The minimum atomic E-state index is -4.28. The van der Waals surface area contributed by atoms with E-state index in [2.05, 4.69) is 12.2 Å². The minimum Gasteiger partial charge on any atom is -0.376 e. The van der Waals surface area contributed by atoms with Gasteiger partial charge in [0.15, 0.2) is 0 Å². The summed E-state index contributed by atoms with van der Waals surface area (Å²) >= 11 is 0. The lowest BCUT2D eigenvalue weighted by Crippen LogP contribution is -2.43. The first kappa shape index (κ1) is 16.3. The lowest BCUT2D eigenvalue weighted by molar-refractivity contribution is -0.137. The second-order valence-corrected chi connectivity index (χ2v) is 5.66. The Hall–Kier alpha value is -1.07. The number of benzene rings is 1. The molecular formula is C16H22F3NO. The number of hydrogen-bond donors (Lipinski definition) is 1. The van der Waals surface area contributed by atoms with E-state index in [9.17, 15) is 13.2 Å². The van der Waals surface area contributed by atoms with Gasteiger partial charge in [0.1, 0.15) is 0 Å². The van der Waals surface area contributed by atoms with Crippen molar-refractivity contribution < 1.29 is 17.9 Å². The first-order valence-electron chi connectivity index (χ1n) is 7.43. The van der Waals surface area contributed by atoms with Crippen molar-refractivity contribution in [2.45, 2.75) is 45.0 Å². The number of halogens is 3. The van der Waals surface area contributed by atoms with Gasteiger partial charge in [0.05, 0.1) is 11.7 Å². The largest absolute Gasteiger partial charge is 0.416 e. The van der Waals surface area contributed by atoms with E-state index in [4.69, 9.17) is 4.74 Å². The fourth-order valence-electron chi connectivity index (χ4n) is 2.88. The van der Waals surface area contributed by atoms with E-state index in [-0.39, 0.29) is 12.1 Å². The van der Waals surface area contributed by atoms with Crippen LogP contribution in [-0.4, -0.2) is 25.3 Å². The average molecular weight is 301 g/mol. The Morgan fingerprint density at radius 2 is 1.95 bits per heavy atom. The van der Waals surface area contributed by atoms with E-state index in [1.165, 1.54) is 0 Å². The molecule has 118 valence electrons. The summed E-state index contributed by atoms with van der Waals surface area (Å²) in [6, 6.07) is 5.57. The zero-order valence-corrected chi connectivity index (χ0v) is 12.4. The van der Waals surface area contributed by atoms with Crippen LogP contribution in [0.1, 0.15) is 31.4 Å². The Bertz CT molecular complexity index is 444. The summed E-state index contributed by atoms with van der Waals surface area (Å²) in [5, 5.41) is 3.40. The highest BCUT2D eigenvalue weighted by Crippen LogP contribution is 2.30. The van der Waals surface area contributed by atoms with Crippen molar-refractivity contribution in [3.05, 3.63) is 35.4 Å². The standard InChI is InChI=1S/C16H22F3NO/c1-3-20-14(15-11(2)8-9-21-15)10-12-4-6-13(7-5-12)16(17,18)19/h4-7,11,14-15,20H,3,8-10H2,1-2H3.